The van der Waals surface area contributed by atoms with Crippen LogP contribution in [0.4, 0.5) is 0 Å². The van der Waals surface area contributed by atoms with E-state index in [2.05, 4.69) is 103 Å². The first-order chi connectivity index (χ1) is 22.3. The van der Waals surface area contributed by atoms with Gasteiger partial charge in [0.15, 0.2) is 17.5 Å². The molecule has 0 radical (unpaired) electrons. The second kappa shape index (κ2) is 10.2. The second-order valence-electron chi connectivity index (χ2n) is 11.3. The van der Waals surface area contributed by atoms with Crippen LogP contribution in [-0.2, 0) is 0 Å². The summed E-state index contributed by atoms with van der Waals surface area (Å²) in [6.45, 7) is 0. The average molecular weight is 576 g/mol. The molecule has 0 unspecified atom stereocenters. The molecule has 9 aromatic rings. The summed E-state index contributed by atoms with van der Waals surface area (Å²) in [6, 6.07) is 52.2. The highest BCUT2D eigenvalue weighted by Crippen LogP contribution is 2.39. The Balaban J connectivity index is 1.21. The number of furan rings is 1. The Bertz CT molecular complexity index is 2520. The second-order valence-corrected chi connectivity index (χ2v) is 11.3. The fourth-order valence-corrected chi connectivity index (χ4v) is 6.30. The van der Waals surface area contributed by atoms with Crippen molar-refractivity contribution in [2.45, 2.75) is 0 Å². The van der Waals surface area contributed by atoms with Crippen LogP contribution in [0.1, 0.15) is 0 Å². The van der Waals surface area contributed by atoms with Crippen molar-refractivity contribution in [2.75, 3.05) is 0 Å². The van der Waals surface area contributed by atoms with Crippen LogP contribution in [0.3, 0.4) is 0 Å². The molecule has 0 aliphatic rings. The fraction of sp³-hybridized carbons (Fsp3) is 0. The third-order valence-corrected chi connectivity index (χ3v) is 8.51. The van der Waals surface area contributed by atoms with E-state index >= 15 is 0 Å². The minimum atomic E-state index is 0.639. The van der Waals surface area contributed by atoms with Gasteiger partial charge >= 0.3 is 0 Å². The summed E-state index contributed by atoms with van der Waals surface area (Å²) in [5.41, 5.74) is 6.95. The summed E-state index contributed by atoms with van der Waals surface area (Å²) < 4.78 is 6.22. The monoisotopic (exact) mass is 575 g/mol. The Hall–Kier alpha value is -6.13. The molecule has 9 rings (SSSR count). The first-order valence-corrected chi connectivity index (χ1v) is 15.0. The lowest BCUT2D eigenvalue weighted by Crippen LogP contribution is -2.00. The van der Waals surface area contributed by atoms with Gasteiger partial charge < -0.3 is 4.42 Å². The van der Waals surface area contributed by atoms with Crippen LogP contribution in [-0.4, -0.2) is 15.0 Å². The number of aromatic nitrogens is 3. The number of hydrogen-bond acceptors (Lipinski definition) is 4. The van der Waals surface area contributed by atoms with Crippen molar-refractivity contribution in [2.24, 2.45) is 0 Å². The zero-order valence-electron chi connectivity index (χ0n) is 24.2. The van der Waals surface area contributed by atoms with E-state index in [1.165, 1.54) is 21.7 Å². The number of rotatable bonds is 4. The molecule has 7 aromatic carbocycles. The summed E-state index contributed by atoms with van der Waals surface area (Å²) in [6.07, 6.45) is 0. The smallest absolute Gasteiger partial charge is 0.164 e. The molecule has 45 heavy (non-hydrogen) atoms. The summed E-state index contributed by atoms with van der Waals surface area (Å²) in [5.74, 6) is 1.93. The van der Waals surface area contributed by atoms with Crippen LogP contribution in [0.2, 0.25) is 0 Å². The molecule has 2 aromatic heterocycles. The molecule has 0 amide bonds. The van der Waals surface area contributed by atoms with Gasteiger partial charge in [-0.1, -0.05) is 133 Å². The summed E-state index contributed by atoms with van der Waals surface area (Å²) in [5, 5.41) is 6.94. The van der Waals surface area contributed by atoms with Gasteiger partial charge in [0, 0.05) is 32.8 Å². The summed E-state index contributed by atoms with van der Waals surface area (Å²) >= 11 is 0. The van der Waals surface area contributed by atoms with Gasteiger partial charge in [-0.15, -0.1) is 0 Å². The van der Waals surface area contributed by atoms with Crippen molar-refractivity contribution in [3.63, 3.8) is 0 Å². The standard InChI is InChI=1S/C41H25N3O/c1-3-9-26(10-4-1)27-15-18-30(19-16-27)40-42-39(29-11-5-2-6-12-29)43-41(44-40)32-21-23-33-31(25-32)20-17-28-22-24-36-38(37(28)33)34-13-7-8-14-35(34)45-36/h1-25H. The topological polar surface area (TPSA) is 51.8 Å². The molecule has 0 aliphatic heterocycles. The van der Waals surface area contributed by atoms with Crippen molar-refractivity contribution in [3.8, 4) is 45.3 Å². The van der Waals surface area contributed by atoms with Gasteiger partial charge in [-0.3, -0.25) is 0 Å². The molecule has 0 atom stereocenters. The average Bonchev–Trinajstić information content (AvgIpc) is 3.51. The van der Waals surface area contributed by atoms with E-state index < -0.39 is 0 Å². The van der Waals surface area contributed by atoms with Gasteiger partial charge in [0.1, 0.15) is 11.2 Å². The normalized spacial score (nSPS) is 11.6. The minimum absolute atomic E-state index is 0.639. The van der Waals surface area contributed by atoms with Gasteiger partial charge in [-0.2, -0.15) is 0 Å². The number of para-hydroxylation sites is 1. The molecule has 0 saturated heterocycles. The SMILES string of the molecule is c1ccc(-c2ccc(-c3nc(-c4ccccc4)nc(-c4ccc5c(ccc6ccc7oc8ccccc8c7c65)c4)n3)cc2)cc1. The van der Waals surface area contributed by atoms with Gasteiger partial charge in [0.25, 0.3) is 0 Å². The molecule has 0 saturated carbocycles. The molecule has 0 N–H and O–H groups in total. The van der Waals surface area contributed by atoms with Gasteiger partial charge in [-0.05, 0) is 45.5 Å². The number of fused-ring (bicyclic) bond motifs is 7. The third kappa shape index (κ3) is 4.35. The first-order valence-electron chi connectivity index (χ1n) is 15.0. The molecule has 0 aliphatic carbocycles. The summed E-state index contributed by atoms with van der Waals surface area (Å²) in [7, 11) is 0. The van der Waals surface area contributed by atoms with Crippen LogP contribution < -0.4 is 0 Å². The number of hydrogen-bond donors (Lipinski definition) is 0. The summed E-state index contributed by atoms with van der Waals surface area (Å²) in [4.78, 5) is 14.9. The van der Waals surface area contributed by atoms with E-state index in [1.54, 1.807) is 0 Å². The molecule has 0 bridgehead atoms. The lowest BCUT2D eigenvalue weighted by molar-refractivity contribution is 0.669. The Morgan fingerprint density at radius 2 is 0.867 bits per heavy atom. The molecule has 0 fully saturated rings. The fourth-order valence-electron chi connectivity index (χ4n) is 6.30. The number of benzene rings is 7. The van der Waals surface area contributed by atoms with Crippen molar-refractivity contribution in [1.29, 1.82) is 0 Å². The lowest BCUT2D eigenvalue weighted by atomic mass is 9.96. The maximum Gasteiger partial charge on any atom is 0.164 e. The Morgan fingerprint density at radius 1 is 0.333 bits per heavy atom. The van der Waals surface area contributed by atoms with Gasteiger partial charge in [0.05, 0.1) is 0 Å². The molecule has 0 spiro atoms. The van der Waals surface area contributed by atoms with Gasteiger partial charge in [0.2, 0.25) is 0 Å². The molecular formula is C41H25N3O. The van der Waals surface area contributed by atoms with Crippen molar-refractivity contribution in [1.82, 2.24) is 15.0 Å². The van der Waals surface area contributed by atoms with E-state index in [1.807, 2.05) is 48.5 Å². The third-order valence-electron chi connectivity index (χ3n) is 8.51. The van der Waals surface area contributed by atoms with Crippen LogP contribution in [0.5, 0.6) is 0 Å². The molecule has 4 heteroatoms. The number of nitrogens with zero attached hydrogens (tertiary/aromatic N) is 3. The zero-order chi connectivity index (χ0) is 29.7. The van der Waals surface area contributed by atoms with Crippen LogP contribution in [0, 0.1) is 0 Å². The van der Waals surface area contributed by atoms with E-state index in [0.29, 0.717) is 17.5 Å². The molecule has 2 heterocycles. The Morgan fingerprint density at radius 3 is 1.62 bits per heavy atom. The maximum atomic E-state index is 6.22. The Kier molecular flexibility index (Phi) is 5.78. The predicted octanol–water partition coefficient (Wildman–Crippen LogP) is 10.7. The zero-order valence-corrected chi connectivity index (χ0v) is 24.2. The van der Waals surface area contributed by atoms with Crippen LogP contribution in [0.15, 0.2) is 156 Å². The van der Waals surface area contributed by atoms with Crippen LogP contribution >= 0.6 is 0 Å². The quantitative estimate of drug-likeness (QED) is 0.196. The highest BCUT2D eigenvalue weighted by Gasteiger charge is 2.16. The largest absolute Gasteiger partial charge is 0.456 e. The molecule has 4 nitrogen and oxygen atoms in total. The highest BCUT2D eigenvalue weighted by atomic mass is 16.3. The van der Waals surface area contributed by atoms with E-state index in [4.69, 9.17) is 19.4 Å². The highest BCUT2D eigenvalue weighted by molar-refractivity contribution is 6.26. The molecule has 210 valence electrons. The first kappa shape index (κ1) is 25.4. The van der Waals surface area contributed by atoms with E-state index in [0.717, 1.165) is 49.6 Å². The van der Waals surface area contributed by atoms with Crippen LogP contribution in [0.25, 0.3) is 88.8 Å². The molecular weight excluding hydrogens is 550 g/mol. The van der Waals surface area contributed by atoms with Crippen molar-refractivity contribution >= 4 is 43.5 Å². The van der Waals surface area contributed by atoms with E-state index in [-0.39, 0.29) is 0 Å². The maximum absolute atomic E-state index is 6.22. The predicted molar refractivity (Wildman–Crippen MR) is 184 cm³/mol. The lowest BCUT2D eigenvalue weighted by Gasteiger charge is -2.11. The van der Waals surface area contributed by atoms with E-state index in [9.17, 15) is 0 Å². The van der Waals surface area contributed by atoms with Crippen molar-refractivity contribution in [3.05, 3.63) is 152 Å². The Labute approximate surface area is 259 Å². The van der Waals surface area contributed by atoms with Gasteiger partial charge in [-0.25, -0.2) is 15.0 Å². The minimum Gasteiger partial charge on any atom is -0.456 e. The van der Waals surface area contributed by atoms with Crippen molar-refractivity contribution < 1.29 is 4.42 Å².